The summed E-state index contributed by atoms with van der Waals surface area (Å²) in [5.41, 5.74) is 0. The molecule has 0 aromatic heterocycles. The number of nitrogens with one attached hydrogen (secondary N) is 2. The van der Waals surface area contributed by atoms with E-state index in [9.17, 15) is 9.59 Å². The van der Waals surface area contributed by atoms with Crippen LogP contribution in [0.4, 0.5) is 0 Å². The topological polar surface area (TPSA) is 105 Å². The van der Waals surface area contributed by atoms with Crippen LogP contribution < -0.4 is 10.6 Å². The fraction of sp³-hybridized carbons (Fsp3) is 0.846. The van der Waals surface area contributed by atoms with Gasteiger partial charge in [0.2, 0.25) is 0 Å². The van der Waals surface area contributed by atoms with E-state index in [0.717, 1.165) is 39.3 Å². The summed E-state index contributed by atoms with van der Waals surface area (Å²) in [5.74, 6) is -1.58. The van der Waals surface area contributed by atoms with Crippen molar-refractivity contribution >= 4 is 11.9 Å². The minimum absolute atomic E-state index is 0.0636. The van der Waals surface area contributed by atoms with Crippen LogP contribution in [0.15, 0.2) is 0 Å². The van der Waals surface area contributed by atoms with Gasteiger partial charge in [0.15, 0.2) is 0 Å². The van der Waals surface area contributed by atoms with E-state index in [1.807, 2.05) is 4.90 Å². The van der Waals surface area contributed by atoms with Crippen molar-refractivity contribution in [2.45, 2.75) is 6.42 Å². The monoisotopic (exact) mass is 302 g/mol. The Morgan fingerprint density at radius 3 is 1.71 bits per heavy atom. The van der Waals surface area contributed by atoms with Crippen LogP contribution >= 0.6 is 0 Å². The Labute approximate surface area is 125 Å². The van der Waals surface area contributed by atoms with E-state index in [4.69, 9.17) is 10.2 Å². The molecule has 1 fully saturated rings. The van der Waals surface area contributed by atoms with E-state index in [2.05, 4.69) is 15.5 Å². The van der Waals surface area contributed by atoms with Gasteiger partial charge in [0.25, 0.3) is 0 Å². The van der Waals surface area contributed by atoms with Gasteiger partial charge in [-0.2, -0.15) is 0 Å². The predicted octanol–water partition coefficient (Wildman–Crippen LogP) is -1.66. The van der Waals surface area contributed by atoms with Gasteiger partial charge in [0, 0.05) is 58.9 Å². The first-order valence-electron chi connectivity index (χ1n) is 7.37. The molecular formula is C13H26N4O4. The molecule has 0 bridgehead atoms. The third kappa shape index (κ3) is 9.35. The quantitative estimate of drug-likeness (QED) is 0.478. The van der Waals surface area contributed by atoms with Crippen LogP contribution in [0.3, 0.4) is 0 Å². The highest BCUT2D eigenvalue weighted by Crippen LogP contribution is 1.93. The zero-order valence-corrected chi connectivity index (χ0v) is 12.4. The van der Waals surface area contributed by atoms with Crippen molar-refractivity contribution in [3.05, 3.63) is 0 Å². The minimum atomic E-state index is -0.804. The average molecular weight is 302 g/mol. The van der Waals surface area contributed by atoms with Crippen molar-refractivity contribution in [3.63, 3.8) is 0 Å². The number of nitrogens with zero attached hydrogens (tertiary/aromatic N) is 2. The Hall–Kier alpha value is -1.22. The summed E-state index contributed by atoms with van der Waals surface area (Å²) in [6.07, 6.45) is 0.159. The van der Waals surface area contributed by atoms with Crippen molar-refractivity contribution in [2.75, 3.05) is 65.4 Å². The van der Waals surface area contributed by atoms with Crippen LogP contribution in [0.25, 0.3) is 0 Å². The standard InChI is InChI=1S/C13H26N4O4/c18-12(19)1-6-16-7-2-14-4-9-17(11-13(20)21)10-5-15-3-8-16/h14-15H,1-11H2,(H,18,19)(H,20,21). The molecule has 0 amide bonds. The zero-order valence-electron chi connectivity index (χ0n) is 12.4. The van der Waals surface area contributed by atoms with Gasteiger partial charge in [-0.1, -0.05) is 0 Å². The van der Waals surface area contributed by atoms with Gasteiger partial charge in [-0.3, -0.25) is 14.5 Å². The highest BCUT2D eigenvalue weighted by atomic mass is 16.4. The lowest BCUT2D eigenvalue weighted by Crippen LogP contribution is -2.44. The minimum Gasteiger partial charge on any atom is -0.481 e. The molecule has 0 aromatic carbocycles. The van der Waals surface area contributed by atoms with E-state index in [0.29, 0.717) is 19.6 Å². The first-order valence-corrected chi connectivity index (χ1v) is 7.37. The van der Waals surface area contributed by atoms with Crippen molar-refractivity contribution in [3.8, 4) is 0 Å². The van der Waals surface area contributed by atoms with E-state index >= 15 is 0 Å². The highest BCUT2D eigenvalue weighted by Gasteiger charge is 2.11. The van der Waals surface area contributed by atoms with Gasteiger partial charge < -0.3 is 25.7 Å². The molecule has 8 heteroatoms. The molecule has 0 unspecified atom stereocenters. The molecule has 0 atom stereocenters. The van der Waals surface area contributed by atoms with Crippen LogP contribution in [0, 0.1) is 0 Å². The number of carbonyl (C=O) groups is 2. The van der Waals surface area contributed by atoms with E-state index in [-0.39, 0.29) is 13.0 Å². The summed E-state index contributed by atoms with van der Waals surface area (Å²) in [4.78, 5) is 25.4. The summed E-state index contributed by atoms with van der Waals surface area (Å²) >= 11 is 0. The molecule has 1 rings (SSSR count). The summed E-state index contributed by atoms with van der Waals surface area (Å²) in [7, 11) is 0. The van der Waals surface area contributed by atoms with Gasteiger partial charge >= 0.3 is 11.9 Å². The maximum Gasteiger partial charge on any atom is 0.317 e. The number of hydrogen-bond acceptors (Lipinski definition) is 6. The Morgan fingerprint density at radius 1 is 0.810 bits per heavy atom. The van der Waals surface area contributed by atoms with Gasteiger partial charge in [0.05, 0.1) is 13.0 Å². The van der Waals surface area contributed by atoms with Crippen LogP contribution in [0.5, 0.6) is 0 Å². The average Bonchev–Trinajstić information content (AvgIpc) is 2.39. The van der Waals surface area contributed by atoms with Crippen molar-refractivity contribution in [1.82, 2.24) is 20.4 Å². The molecule has 1 aliphatic rings. The number of carboxylic acids is 2. The second kappa shape index (κ2) is 10.5. The summed E-state index contributed by atoms with van der Waals surface area (Å²) < 4.78 is 0. The normalized spacial score (nSPS) is 20.4. The highest BCUT2D eigenvalue weighted by molar-refractivity contribution is 5.69. The molecule has 21 heavy (non-hydrogen) atoms. The molecule has 8 nitrogen and oxygen atoms in total. The number of carboxylic acid groups (broad SMARTS) is 2. The molecule has 1 heterocycles. The maximum atomic E-state index is 10.8. The fourth-order valence-electron chi connectivity index (χ4n) is 2.25. The van der Waals surface area contributed by atoms with Gasteiger partial charge in [-0.25, -0.2) is 0 Å². The molecule has 4 N–H and O–H groups in total. The second-order valence-corrected chi connectivity index (χ2v) is 5.16. The summed E-state index contributed by atoms with van der Waals surface area (Å²) in [6.45, 7) is 6.65. The third-order valence-corrected chi connectivity index (χ3v) is 3.42. The SMILES string of the molecule is O=C(O)CCN1CCNCCN(CC(=O)O)CCNCC1. The number of hydrogen-bond donors (Lipinski definition) is 4. The lowest BCUT2D eigenvalue weighted by molar-refractivity contribution is -0.139. The van der Waals surface area contributed by atoms with Crippen molar-refractivity contribution in [1.29, 1.82) is 0 Å². The largest absolute Gasteiger partial charge is 0.481 e. The van der Waals surface area contributed by atoms with Crippen LogP contribution in [0.1, 0.15) is 6.42 Å². The van der Waals surface area contributed by atoms with Crippen LogP contribution in [0.2, 0.25) is 0 Å². The Bertz CT molecular complexity index is 313. The van der Waals surface area contributed by atoms with E-state index in [1.165, 1.54) is 0 Å². The van der Waals surface area contributed by atoms with Crippen molar-refractivity contribution in [2.24, 2.45) is 0 Å². The first kappa shape index (κ1) is 17.8. The Balaban J connectivity index is 2.35. The predicted molar refractivity (Wildman–Crippen MR) is 78.5 cm³/mol. The number of rotatable bonds is 5. The maximum absolute atomic E-state index is 10.8. The third-order valence-electron chi connectivity index (χ3n) is 3.42. The van der Waals surface area contributed by atoms with Gasteiger partial charge in [-0.05, 0) is 0 Å². The molecule has 0 spiro atoms. The molecule has 0 aliphatic carbocycles. The smallest absolute Gasteiger partial charge is 0.317 e. The van der Waals surface area contributed by atoms with Gasteiger partial charge in [0.1, 0.15) is 0 Å². The first-order chi connectivity index (χ1) is 10.1. The summed E-state index contributed by atoms with van der Waals surface area (Å²) in [6, 6.07) is 0. The van der Waals surface area contributed by atoms with Gasteiger partial charge in [-0.15, -0.1) is 0 Å². The van der Waals surface area contributed by atoms with E-state index in [1.54, 1.807) is 0 Å². The molecule has 122 valence electrons. The molecule has 0 aromatic rings. The van der Waals surface area contributed by atoms with E-state index < -0.39 is 11.9 Å². The van der Waals surface area contributed by atoms with Crippen molar-refractivity contribution < 1.29 is 19.8 Å². The Kier molecular flexibility index (Phi) is 8.91. The molecule has 1 saturated heterocycles. The lowest BCUT2D eigenvalue weighted by atomic mass is 10.3. The van der Waals surface area contributed by atoms with Crippen LogP contribution in [-0.4, -0.2) is 97.4 Å². The second-order valence-electron chi connectivity index (χ2n) is 5.16. The molecule has 0 saturated carbocycles. The number of aliphatic carboxylic acids is 2. The molecular weight excluding hydrogens is 276 g/mol. The van der Waals surface area contributed by atoms with Crippen LogP contribution in [-0.2, 0) is 9.59 Å². The zero-order chi connectivity index (χ0) is 15.5. The Morgan fingerprint density at radius 2 is 1.29 bits per heavy atom. The molecule has 0 radical (unpaired) electrons. The molecule has 1 aliphatic heterocycles. The fourth-order valence-corrected chi connectivity index (χ4v) is 2.25. The summed E-state index contributed by atoms with van der Waals surface area (Å²) in [5, 5.41) is 24.2. The lowest BCUT2D eigenvalue weighted by Gasteiger charge is -2.25.